The van der Waals surface area contributed by atoms with Crippen LogP contribution in [0.2, 0.25) is 0 Å². The number of anilines is 3. The smallest absolute Gasteiger partial charge is 0.136 e. The maximum atomic E-state index is 6.36. The molecule has 0 saturated heterocycles. The van der Waals surface area contributed by atoms with Crippen molar-refractivity contribution in [1.82, 2.24) is 0 Å². The zero-order valence-corrected chi connectivity index (χ0v) is 31.3. The van der Waals surface area contributed by atoms with Crippen molar-refractivity contribution in [2.75, 3.05) is 4.90 Å². The van der Waals surface area contributed by atoms with Gasteiger partial charge in [0.05, 0.1) is 5.69 Å². The standard InChI is InChI=1S/C54H37NO/c1-34-14-11-16-36(30-34)55(37-17-12-15-35(2)31-37)51-29-28-43(38-18-7-8-23-44(38)51)47-32-49-42-22-6-4-20-40(42)48(33-50(49)41-21-5-3-19-39(41)47)45-25-13-27-53-54(45)46-24-9-10-26-52(46)56-53/h3-33H,1-2H3. The SMILES string of the molecule is Cc1cccc(N(c2cccc(C)c2)c2ccc(-c3cc4c5ccccc5c(-c5cccc6oc7ccccc7c56)cc4c4ccccc34)c3ccccc23)c1. The number of para-hydroxylation sites is 1. The highest BCUT2D eigenvalue weighted by Crippen LogP contribution is 2.47. The van der Waals surface area contributed by atoms with Gasteiger partial charge < -0.3 is 9.32 Å². The number of benzene rings is 10. The van der Waals surface area contributed by atoms with E-state index in [9.17, 15) is 0 Å². The molecule has 1 heterocycles. The Bertz CT molecular complexity index is 3300. The quantitative estimate of drug-likeness (QED) is 0.165. The van der Waals surface area contributed by atoms with Crippen molar-refractivity contribution in [3.05, 3.63) is 199 Å². The van der Waals surface area contributed by atoms with Crippen LogP contribution in [-0.2, 0) is 0 Å². The topological polar surface area (TPSA) is 16.4 Å². The fourth-order valence-electron chi connectivity index (χ4n) is 9.07. The predicted molar refractivity (Wildman–Crippen MR) is 239 cm³/mol. The largest absolute Gasteiger partial charge is 0.456 e. The Labute approximate surface area is 325 Å². The van der Waals surface area contributed by atoms with Gasteiger partial charge in [-0.3, -0.25) is 0 Å². The zero-order chi connectivity index (χ0) is 37.3. The molecule has 0 aliphatic rings. The van der Waals surface area contributed by atoms with Gasteiger partial charge in [-0.15, -0.1) is 0 Å². The van der Waals surface area contributed by atoms with E-state index in [0.717, 1.165) is 39.0 Å². The molecule has 0 unspecified atom stereocenters. The van der Waals surface area contributed by atoms with E-state index in [0.29, 0.717) is 0 Å². The second-order valence-electron chi connectivity index (χ2n) is 15.0. The first-order chi connectivity index (χ1) is 27.6. The van der Waals surface area contributed by atoms with E-state index in [1.807, 2.05) is 6.07 Å². The van der Waals surface area contributed by atoms with Crippen molar-refractivity contribution < 1.29 is 4.42 Å². The molecule has 0 fully saturated rings. The third-order valence-corrected chi connectivity index (χ3v) is 11.5. The highest BCUT2D eigenvalue weighted by atomic mass is 16.3. The van der Waals surface area contributed by atoms with Crippen LogP contribution < -0.4 is 4.90 Å². The summed E-state index contributed by atoms with van der Waals surface area (Å²) in [7, 11) is 0. The van der Waals surface area contributed by atoms with Gasteiger partial charge in [0.25, 0.3) is 0 Å². The third kappa shape index (κ3) is 5.03. The van der Waals surface area contributed by atoms with Gasteiger partial charge >= 0.3 is 0 Å². The van der Waals surface area contributed by atoms with Crippen LogP contribution in [0.5, 0.6) is 0 Å². The average molecular weight is 716 g/mol. The minimum atomic E-state index is 0.909. The molecule has 0 aliphatic heterocycles. The predicted octanol–water partition coefficient (Wildman–Crippen LogP) is 15.6. The lowest BCUT2D eigenvalue weighted by Gasteiger charge is -2.28. The summed E-state index contributed by atoms with van der Waals surface area (Å²) in [6, 6.07) is 68.7. The number of furan rings is 1. The summed E-state index contributed by atoms with van der Waals surface area (Å²) in [5.74, 6) is 0. The lowest BCUT2D eigenvalue weighted by atomic mass is 9.86. The summed E-state index contributed by atoms with van der Waals surface area (Å²) in [6.45, 7) is 4.33. The van der Waals surface area contributed by atoms with Gasteiger partial charge in [0.1, 0.15) is 11.2 Å². The highest BCUT2D eigenvalue weighted by molar-refractivity contribution is 6.26. The van der Waals surface area contributed by atoms with Crippen molar-refractivity contribution in [3.8, 4) is 22.3 Å². The summed E-state index contributed by atoms with van der Waals surface area (Å²) in [6.07, 6.45) is 0. The van der Waals surface area contributed by atoms with E-state index < -0.39 is 0 Å². The van der Waals surface area contributed by atoms with Gasteiger partial charge in [-0.1, -0.05) is 133 Å². The summed E-state index contributed by atoms with van der Waals surface area (Å²) in [5, 5.41) is 12.2. The van der Waals surface area contributed by atoms with Crippen molar-refractivity contribution in [3.63, 3.8) is 0 Å². The monoisotopic (exact) mass is 715 g/mol. The fraction of sp³-hybridized carbons (Fsp3) is 0.0370. The van der Waals surface area contributed by atoms with Crippen LogP contribution in [0.25, 0.3) is 87.3 Å². The molecule has 1 aromatic heterocycles. The first-order valence-corrected chi connectivity index (χ1v) is 19.3. The second-order valence-corrected chi connectivity index (χ2v) is 15.0. The van der Waals surface area contributed by atoms with E-state index >= 15 is 0 Å². The molecule has 0 aliphatic carbocycles. The molecule has 11 aromatic rings. The lowest BCUT2D eigenvalue weighted by Crippen LogP contribution is -2.11. The van der Waals surface area contributed by atoms with E-state index in [-0.39, 0.29) is 0 Å². The minimum absolute atomic E-state index is 0.909. The highest BCUT2D eigenvalue weighted by Gasteiger charge is 2.21. The molecular weight excluding hydrogens is 679 g/mol. The van der Waals surface area contributed by atoms with Gasteiger partial charge in [-0.2, -0.15) is 0 Å². The van der Waals surface area contributed by atoms with Crippen molar-refractivity contribution in [1.29, 1.82) is 0 Å². The molecule has 2 heteroatoms. The molecule has 0 atom stereocenters. The van der Waals surface area contributed by atoms with Gasteiger partial charge in [0.2, 0.25) is 0 Å². The average Bonchev–Trinajstić information content (AvgIpc) is 3.63. The molecule has 0 saturated carbocycles. The molecule has 0 radical (unpaired) electrons. The molecule has 2 nitrogen and oxygen atoms in total. The molecular formula is C54H37NO. The Hall–Kier alpha value is -7.16. The van der Waals surface area contributed by atoms with Crippen LogP contribution in [0.15, 0.2) is 192 Å². The number of rotatable bonds is 5. The number of fused-ring (bicyclic) bond motifs is 9. The molecule has 0 bridgehead atoms. The first kappa shape index (κ1) is 32.3. The lowest BCUT2D eigenvalue weighted by molar-refractivity contribution is 0.669. The third-order valence-electron chi connectivity index (χ3n) is 11.5. The summed E-state index contributed by atoms with van der Waals surface area (Å²) in [4.78, 5) is 2.41. The second kappa shape index (κ2) is 12.7. The number of hydrogen-bond donors (Lipinski definition) is 0. The van der Waals surface area contributed by atoms with Crippen molar-refractivity contribution >= 4 is 82.1 Å². The number of nitrogens with zero attached hydrogens (tertiary/aromatic N) is 1. The Morgan fingerprint density at radius 1 is 0.321 bits per heavy atom. The van der Waals surface area contributed by atoms with E-state index in [1.54, 1.807) is 0 Å². The van der Waals surface area contributed by atoms with Crippen molar-refractivity contribution in [2.45, 2.75) is 13.8 Å². The Morgan fingerprint density at radius 3 is 1.41 bits per heavy atom. The molecule has 56 heavy (non-hydrogen) atoms. The van der Waals surface area contributed by atoms with Gasteiger partial charge in [-0.25, -0.2) is 0 Å². The van der Waals surface area contributed by atoms with E-state index in [4.69, 9.17) is 4.42 Å². The van der Waals surface area contributed by atoms with Gasteiger partial charge in [-0.05, 0) is 140 Å². The van der Waals surface area contributed by atoms with Crippen LogP contribution in [0.1, 0.15) is 11.1 Å². The molecule has 0 amide bonds. The summed E-state index contributed by atoms with van der Waals surface area (Å²) >= 11 is 0. The maximum Gasteiger partial charge on any atom is 0.136 e. The fourth-order valence-corrected chi connectivity index (χ4v) is 9.07. The Morgan fingerprint density at radius 2 is 0.804 bits per heavy atom. The molecule has 0 spiro atoms. The first-order valence-electron chi connectivity index (χ1n) is 19.3. The molecule has 264 valence electrons. The number of hydrogen-bond acceptors (Lipinski definition) is 2. The molecule has 11 rings (SSSR count). The van der Waals surface area contributed by atoms with Crippen molar-refractivity contribution in [2.24, 2.45) is 0 Å². The van der Waals surface area contributed by atoms with Gasteiger partial charge in [0, 0.05) is 27.5 Å². The van der Waals surface area contributed by atoms with E-state index in [1.165, 1.54) is 76.5 Å². The Kier molecular flexibility index (Phi) is 7.33. The van der Waals surface area contributed by atoms with Crippen LogP contribution >= 0.6 is 0 Å². The van der Waals surface area contributed by atoms with E-state index in [2.05, 4.69) is 201 Å². The minimum Gasteiger partial charge on any atom is -0.456 e. The van der Waals surface area contributed by atoms with Crippen LogP contribution in [-0.4, -0.2) is 0 Å². The number of aryl methyl sites for hydroxylation is 2. The maximum absolute atomic E-state index is 6.36. The van der Waals surface area contributed by atoms with Gasteiger partial charge in [0.15, 0.2) is 0 Å². The van der Waals surface area contributed by atoms with Crippen LogP contribution in [0, 0.1) is 13.8 Å². The normalized spacial score (nSPS) is 11.8. The molecule has 0 N–H and O–H groups in total. The van der Waals surface area contributed by atoms with Crippen LogP contribution in [0.3, 0.4) is 0 Å². The van der Waals surface area contributed by atoms with Crippen LogP contribution in [0.4, 0.5) is 17.1 Å². The summed E-state index contributed by atoms with van der Waals surface area (Å²) in [5.41, 5.74) is 12.6. The zero-order valence-electron chi connectivity index (χ0n) is 31.3. The Balaban J connectivity index is 1.18. The summed E-state index contributed by atoms with van der Waals surface area (Å²) < 4.78 is 6.36. The molecule has 10 aromatic carbocycles.